The third kappa shape index (κ3) is 2.53. The first-order valence-electron chi connectivity index (χ1n) is 4.64. The fourth-order valence-electron chi connectivity index (χ4n) is 1.19. The van der Waals surface area contributed by atoms with Gasteiger partial charge in [0.05, 0.1) is 0 Å². The molecule has 78 valence electrons. The van der Waals surface area contributed by atoms with E-state index in [4.69, 9.17) is 0 Å². The Morgan fingerprint density at radius 1 is 1.60 bits per heavy atom. The molecule has 0 aliphatic rings. The molecule has 0 aliphatic carbocycles. The SMILES string of the molecule is C=C(C)c1cnc(C=CC)c([N+](=C)O)c1. The van der Waals surface area contributed by atoms with E-state index in [0.717, 1.165) is 15.9 Å². The van der Waals surface area contributed by atoms with Crippen molar-refractivity contribution in [3.8, 4) is 0 Å². The number of allylic oxidation sites excluding steroid dienone is 2. The molecule has 1 aromatic rings. The highest BCUT2D eigenvalue weighted by molar-refractivity contribution is 5.66. The van der Waals surface area contributed by atoms with Crippen molar-refractivity contribution in [3.05, 3.63) is 36.2 Å². The van der Waals surface area contributed by atoms with E-state index in [1.54, 1.807) is 12.3 Å². The molecule has 1 rings (SSSR count). The Bertz CT molecular complexity index is 433. The molecule has 15 heavy (non-hydrogen) atoms. The Morgan fingerprint density at radius 2 is 2.27 bits per heavy atom. The Hall–Kier alpha value is -1.90. The highest BCUT2D eigenvalue weighted by Crippen LogP contribution is 2.21. The van der Waals surface area contributed by atoms with Gasteiger partial charge in [0.15, 0.2) is 6.72 Å². The van der Waals surface area contributed by atoms with Gasteiger partial charge in [0.2, 0.25) is 0 Å². The van der Waals surface area contributed by atoms with Crippen molar-refractivity contribution in [2.24, 2.45) is 0 Å². The Labute approximate surface area is 89.7 Å². The van der Waals surface area contributed by atoms with Crippen molar-refractivity contribution in [2.75, 3.05) is 0 Å². The van der Waals surface area contributed by atoms with E-state index in [-0.39, 0.29) is 0 Å². The minimum absolute atomic E-state index is 0.564. The fraction of sp³-hybridized carbons (Fsp3) is 0.167. The highest BCUT2D eigenvalue weighted by Gasteiger charge is 2.13. The molecule has 0 saturated carbocycles. The summed E-state index contributed by atoms with van der Waals surface area (Å²) in [5, 5.41) is 9.36. The predicted octanol–water partition coefficient (Wildman–Crippen LogP) is 2.88. The molecule has 0 spiro atoms. The summed E-state index contributed by atoms with van der Waals surface area (Å²) in [6, 6.07) is 1.80. The molecule has 3 nitrogen and oxygen atoms in total. The Morgan fingerprint density at radius 3 is 2.73 bits per heavy atom. The van der Waals surface area contributed by atoms with Crippen molar-refractivity contribution in [1.29, 1.82) is 0 Å². The first-order valence-corrected chi connectivity index (χ1v) is 4.64. The second-order valence-electron chi connectivity index (χ2n) is 3.31. The van der Waals surface area contributed by atoms with Crippen LogP contribution in [0.2, 0.25) is 0 Å². The second-order valence-corrected chi connectivity index (χ2v) is 3.31. The Kier molecular flexibility index (Phi) is 3.39. The van der Waals surface area contributed by atoms with Gasteiger partial charge in [-0.1, -0.05) is 12.7 Å². The van der Waals surface area contributed by atoms with E-state index >= 15 is 0 Å². The van der Waals surface area contributed by atoms with Crippen molar-refractivity contribution in [3.63, 3.8) is 0 Å². The van der Waals surface area contributed by atoms with Crippen LogP contribution in [0.4, 0.5) is 5.69 Å². The number of hydrogen-bond acceptors (Lipinski definition) is 2. The number of rotatable bonds is 3. The van der Waals surface area contributed by atoms with Crippen LogP contribution in [0.5, 0.6) is 0 Å². The molecule has 0 atom stereocenters. The summed E-state index contributed by atoms with van der Waals surface area (Å²) in [6.45, 7) is 11.0. The van der Waals surface area contributed by atoms with Crippen LogP contribution in [0.3, 0.4) is 0 Å². The molecule has 1 heterocycles. The molecule has 3 heteroatoms. The third-order valence-electron chi connectivity index (χ3n) is 1.99. The monoisotopic (exact) mass is 203 g/mol. The van der Waals surface area contributed by atoms with Crippen molar-refractivity contribution >= 4 is 24.1 Å². The molecule has 0 aromatic carbocycles. The molecular weight excluding hydrogens is 188 g/mol. The summed E-state index contributed by atoms with van der Waals surface area (Å²) < 4.78 is 0.814. The van der Waals surface area contributed by atoms with Gasteiger partial charge in [0.25, 0.3) is 5.69 Å². The first-order chi connectivity index (χ1) is 7.06. The third-order valence-corrected chi connectivity index (χ3v) is 1.99. The standard InChI is InChI=1S/C12H15N2O/c1-5-6-11-12(14(4)15)7-10(8-13-11)9(2)3/h5-8,15H,2,4H2,1,3H3/q+1. The van der Waals surface area contributed by atoms with Gasteiger partial charge < -0.3 is 0 Å². The maximum Gasteiger partial charge on any atom is 0.282 e. The highest BCUT2D eigenvalue weighted by atomic mass is 16.5. The average molecular weight is 203 g/mol. The average Bonchev–Trinajstić information content (AvgIpc) is 2.18. The zero-order valence-electron chi connectivity index (χ0n) is 9.07. The van der Waals surface area contributed by atoms with Crippen LogP contribution in [0.25, 0.3) is 11.6 Å². The van der Waals surface area contributed by atoms with E-state index in [2.05, 4.69) is 18.3 Å². The lowest BCUT2D eigenvalue weighted by molar-refractivity contribution is -0.706. The van der Waals surface area contributed by atoms with Crippen LogP contribution in [0.1, 0.15) is 25.1 Å². The number of hydrogen-bond donors (Lipinski definition) is 1. The van der Waals surface area contributed by atoms with Gasteiger partial charge in [-0.2, -0.15) is 0 Å². The lowest BCUT2D eigenvalue weighted by atomic mass is 10.1. The fourth-order valence-corrected chi connectivity index (χ4v) is 1.19. The predicted molar refractivity (Wildman–Crippen MR) is 62.5 cm³/mol. The van der Waals surface area contributed by atoms with Crippen molar-refractivity contribution < 1.29 is 9.95 Å². The van der Waals surface area contributed by atoms with Gasteiger partial charge in [-0.3, -0.25) is 5.21 Å². The second kappa shape index (κ2) is 4.55. The molecule has 0 saturated heterocycles. The minimum Gasteiger partial charge on any atom is -0.285 e. The Balaban J connectivity index is 3.33. The summed E-state index contributed by atoms with van der Waals surface area (Å²) in [5.41, 5.74) is 3.03. The van der Waals surface area contributed by atoms with Gasteiger partial charge in [-0.05, 0) is 25.5 Å². The van der Waals surface area contributed by atoms with Crippen LogP contribution in [0, 0.1) is 0 Å². The lowest BCUT2D eigenvalue weighted by Crippen LogP contribution is -1.99. The summed E-state index contributed by atoms with van der Waals surface area (Å²) in [7, 11) is 0. The lowest BCUT2D eigenvalue weighted by Gasteiger charge is -2.01. The van der Waals surface area contributed by atoms with Crippen LogP contribution in [0.15, 0.2) is 24.9 Å². The summed E-state index contributed by atoms with van der Waals surface area (Å²) in [6.07, 6.45) is 5.40. The van der Waals surface area contributed by atoms with Crippen LogP contribution in [-0.4, -0.2) is 21.6 Å². The quantitative estimate of drug-likeness (QED) is 0.355. The molecule has 1 N–H and O–H groups in total. The molecule has 0 aliphatic heterocycles. The minimum atomic E-state index is 0.564. The van der Waals surface area contributed by atoms with Crippen LogP contribution < -0.4 is 0 Å². The van der Waals surface area contributed by atoms with E-state index in [0.29, 0.717) is 11.4 Å². The van der Waals surface area contributed by atoms with Gasteiger partial charge in [-0.25, -0.2) is 4.98 Å². The van der Waals surface area contributed by atoms with Gasteiger partial charge in [-0.15, -0.1) is 0 Å². The molecule has 0 bridgehead atoms. The normalized spacial score (nSPS) is 10.5. The van der Waals surface area contributed by atoms with Crippen molar-refractivity contribution in [1.82, 2.24) is 4.98 Å². The maximum absolute atomic E-state index is 9.36. The molecule has 0 fully saturated rings. The zero-order valence-corrected chi connectivity index (χ0v) is 9.07. The van der Waals surface area contributed by atoms with Gasteiger partial charge in [0, 0.05) is 22.6 Å². The summed E-state index contributed by atoms with van der Waals surface area (Å²) in [5.74, 6) is 0. The summed E-state index contributed by atoms with van der Waals surface area (Å²) >= 11 is 0. The van der Waals surface area contributed by atoms with E-state index in [1.807, 2.05) is 26.0 Å². The smallest absolute Gasteiger partial charge is 0.282 e. The van der Waals surface area contributed by atoms with E-state index in [1.165, 1.54) is 0 Å². The topological polar surface area (TPSA) is 36.1 Å². The molecule has 0 unspecified atom stereocenters. The maximum atomic E-state index is 9.36. The van der Waals surface area contributed by atoms with Crippen molar-refractivity contribution in [2.45, 2.75) is 13.8 Å². The van der Waals surface area contributed by atoms with Gasteiger partial charge in [0.1, 0.15) is 5.69 Å². The molecule has 0 radical (unpaired) electrons. The van der Waals surface area contributed by atoms with E-state index in [9.17, 15) is 5.21 Å². The van der Waals surface area contributed by atoms with Gasteiger partial charge >= 0.3 is 0 Å². The van der Waals surface area contributed by atoms with Crippen LogP contribution in [-0.2, 0) is 0 Å². The largest absolute Gasteiger partial charge is 0.285 e. The van der Waals surface area contributed by atoms with Crippen LogP contribution >= 0.6 is 0 Å². The number of pyridine rings is 1. The molecular formula is C12H15N2O+. The number of nitrogens with zero attached hydrogens (tertiary/aromatic N) is 2. The number of aromatic nitrogens is 1. The van der Waals surface area contributed by atoms with E-state index < -0.39 is 0 Å². The first kappa shape index (κ1) is 11.2. The molecule has 1 aromatic heterocycles. The molecule has 0 amide bonds. The summed E-state index contributed by atoms with van der Waals surface area (Å²) in [4.78, 5) is 4.22. The zero-order chi connectivity index (χ0) is 11.4.